The van der Waals surface area contributed by atoms with Gasteiger partial charge >= 0.3 is 0 Å². The summed E-state index contributed by atoms with van der Waals surface area (Å²) in [4.78, 5) is 5.70. The number of pyridine rings is 1. The van der Waals surface area contributed by atoms with Gasteiger partial charge in [0, 0.05) is 32.9 Å². The van der Waals surface area contributed by atoms with Crippen LogP contribution in [0, 0.1) is 0 Å². The van der Waals surface area contributed by atoms with Gasteiger partial charge in [-0.3, -0.25) is 4.98 Å². The van der Waals surface area contributed by atoms with E-state index >= 15 is 0 Å². The Morgan fingerprint density at radius 3 is 3.10 bits per heavy atom. The van der Waals surface area contributed by atoms with Gasteiger partial charge in [0.25, 0.3) is 0 Å². The Morgan fingerprint density at radius 2 is 2.24 bits per heavy atom. The Bertz CT molecular complexity index is 619. The maximum Gasteiger partial charge on any atom is 0.0717 e. The maximum absolute atomic E-state index is 10.6. The van der Waals surface area contributed by atoms with E-state index in [1.165, 1.54) is 10.5 Å². The number of halogens is 1. The number of aliphatic hydroxyl groups excluding tert-OH is 1. The molecule has 4 heteroatoms. The second kappa shape index (κ2) is 6.95. The highest BCUT2D eigenvalue weighted by molar-refractivity contribution is 9.10. The van der Waals surface area contributed by atoms with E-state index in [2.05, 4.69) is 39.1 Å². The van der Waals surface area contributed by atoms with Gasteiger partial charge in [0.1, 0.15) is 0 Å². The molecule has 1 aromatic carbocycles. The number of aryl methyl sites for hydroxylation is 1. The summed E-state index contributed by atoms with van der Waals surface area (Å²) in [5, 5.41) is 10.6. The van der Waals surface area contributed by atoms with Gasteiger partial charge in [-0.2, -0.15) is 0 Å². The Labute approximate surface area is 138 Å². The quantitative estimate of drug-likeness (QED) is 0.816. The molecule has 21 heavy (non-hydrogen) atoms. The molecule has 0 saturated heterocycles. The molecule has 2 nitrogen and oxygen atoms in total. The SMILES string of the molecule is OC(CSc1cccc(Br)c1)C1CCCc2cccnc21. The van der Waals surface area contributed by atoms with Crippen LogP contribution in [-0.2, 0) is 6.42 Å². The minimum Gasteiger partial charge on any atom is -0.392 e. The number of aliphatic hydroxyl groups is 1. The van der Waals surface area contributed by atoms with Crippen LogP contribution in [0.4, 0.5) is 0 Å². The highest BCUT2D eigenvalue weighted by atomic mass is 79.9. The largest absolute Gasteiger partial charge is 0.392 e. The molecule has 1 aliphatic carbocycles. The summed E-state index contributed by atoms with van der Waals surface area (Å²) in [5.74, 6) is 0.881. The predicted molar refractivity (Wildman–Crippen MR) is 90.8 cm³/mol. The number of aromatic nitrogens is 1. The summed E-state index contributed by atoms with van der Waals surface area (Å²) < 4.78 is 1.08. The molecule has 2 aromatic rings. The highest BCUT2D eigenvalue weighted by Gasteiger charge is 2.27. The van der Waals surface area contributed by atoms with Gasteiger partial charge < -0.3 is 5.11 Å². The van der Waals surface area contributed by atoms with Crippen molar-refractivity contribution in [2.45, 2.75) is 36.2 Å². The normalized spacial score (nSPS) is 19.0. The summed E-state index contributed by atoms with van der Waals surface area (Å²) in [5.41, 5.74) is 2.41. The molecule has 1 heterocycles. The predicted octanol–water partition coefficient (Wildman–Crippen LogP) is 4.42. The van der Waals surface area contributed by atoms with Crippen LogP contribution in [0.3, 0.4) is 0 Å². The van der Waals surface area contributed by atoms with Crippen LogP contribution in [0.5, 0.6) is 0 Å². The molecular weight excluding hydrogens is 346 g/mol. The molecule has 0 saturated carbocycles. The lowest BCUT2D eigenvalue weighted by atomic mass is 9.84. The van der Waals surface area contributed by atoms with Crippen LogP contribution in [0.25, 0.3) is 0 Å². The average molecular weight is 364 g/mol. The van der Waals surface area contributed by atoms with Crippen LogP contribution >= 0.6 is 27.7 Å². The molecule has 1 aliphatic rings. The van der Waals surface area contributed by atoms with Crippen molar-refractivity contribution < 1.29 is 5.11 Å². The highest BCUT2D eigenvalue weighted by Crippen LogP contribution is 2.34. The van der Waals surface area contributed by atoms with E-state index < -0.39 is 0 Å². The number of nitrogens with zero attached hydrogens (tertiary/aromatic N) is 1. The molecule has 0 bridgehead atoms. The minimum atomic E-state index is -0.345. The van der Waals surface area contributed by atoms with Crippen molar-refractivity contribution in [3.63, 3.8) is 0 Å². The minimum absolute atomic E-state index is 0.176. The lowest BCUT2D eigenvalue weighted by Crippen LogP contribution is -2.26. The standard InChI is InChI=1S/C17H18BrNOS/c18-13-6-2-7-14(10-13)21-11-16(20)15-8-1-4-12-5-3-9-19-17(12)15/h2-3,5-7,9-10,15-16,20H,1,4,8,11H2. The number of benzene rings is 1. The summed E-state index contributed by atoms with van der Waals surface area (Å²) in [7, 11) is 0. The second-order valence-corrected chi connectivity index (χ2v) is 7.39. The van der Waals surface area contributed by atoms with E-state index in [4.69, 9.17) is 0 Å². The first kappa shape index (κ1) is 15.1. The van der Waals surface area contributed by atoms with Crippen molar-refractivity contribution in [2.24, 2.45) is 0 Å². The monoisotopic (exact) mass is 363 g/mol. The molecule has 1 aromatic heterocycles. The second-order valence-electron chi connectivity index (χ2n) is 5.38. The topological polar surface area (TPSA) is 33.1 Å². The molecule has 0 fully saturated rings. The molecule has 0 aliphatic heterocycles. The van der Waals surface area contributed by atoms with Gasteiger partial charge in [0.05, 0.1) is 6.10 Å². The molecule has 0 spiro atoms. The van der Waals surface area contributed by atoms with Crippen molar-refractivity contribution in [3.05, 3.63) is 58.3 Å². The molecule has 3 rings (SSSR count). The molecule has 2 unspecified atom stereocenters. The number of hydrogen-bond acceptors (Lipinski definition) is 3. The zero-order valence-electron chi connectivity index (χ0n) is 11.7. The molecule has 1 N–H and O–H groups in total. The molecule has 0 amide bonds. The van der Waals surface area contributed by atoms with Crippen LogP contribution in [-0.4, -0.2) is 21.9 Å². The smallest absolute Gasteiger partial charge is 0.0717 e. The van der Waals surface area contributed by atoms with Gasteiger partial charge in [0.15, 0.2) is 0 Å². The lowest BCUT2D eigenvalue weighted by molar-refractivity contribution is 0.155. The van der Waals surface area contributed by atoms with Crippen LogP contribution < -0.4 is 0 Å². The average Bonchev–Trinajstić information content (AvgIpc) is 2.52. The third-order valence-corrected chi connectivity index (χ3v) is 5.51. The Morgan fingerprint density at radius 1 is 1.33 bits per heavy atom. The van der Waals surface area contributed by atoms with E-state index in [0.717, 1.165) is 29.4 Å². The fourth-order valence-electron chi connectivity index (χ4n) is 2.87. The first-order valence-corrected chi connectivity index (χ1v) is 9.02. The van der Waals surface area contributed by atoms with Crippen LogP contribution in [0.1, 0.15) is 30.0 Å². The molecule has 110 valence electrons. The van der Waals surface area contributed by atoms with E-state index in [-0.39, 0.29) is 12.0 Å². The third kappa shape index (κ3) is 3.68. The maximum atomic E-state index is 10.6. The number of rotatable bonds is 4. The summed E-state index contributed by atoms with van der Waals surface area (Å²) >= 11 is 5.18. The van der Waals surface area contributed by atoms with Crippen molar-refractivity contribution in [3.8, 4) is 0 Å². The lowest BCUT2D eigenvalue weighted by Gasteiger charge is -2.28. The van der Waals surface area contributed by atoms with E-state index in [0.29, 0.717) is 5.75 Å². The zero-order valence-corrected chi connectivity index (χ0v) is 14.1. The van der Waals surface area contributed by atoms with Crippen molar-refractivity contribution >= 4 is 27.7 Å². The van der Waals surface area contributed by atoms with E-state index in [9.17, 15) is 5.11 Å². The molecular formula is C17H18BrNOS. The number of fused-ring (bicyclic) bond motifs is 1. The first-order valence-electron chi connectivity index (χ1n) is 7.24. The fraction of sp³-hybridized carbons (Fsp3) is 0.353. The molecule has 2 atom stereocenters. The zero-order chi connectivity index (χ0) is 14.7. The third-order valence-electron chi connectivity index (χ3n) is 3.92. The number of thioether (sulfide) groups is 1. The Balaban J connectivity index is 1.67. The van der Waals surface area contributed by atoms with Gasteiger partial charge in [-0.1, -0.05) is 28.1 Å². The van der Waals surface area contributed by atoms with Crippen LogP contribution in [0.2, 0.25) is 0 Å². The van der Waals surface area contributed by atoms with Crippen molar-refractivity contribution in [2.75, 3.05) is 5.75 Å². The molecule has 0 radical (unpaired) electrons. The van der Waals surface area contributed by atoms with E-state index in [1.54, 1.807) is 11.8 Å². The summed E-state index contributed by atoms with van der Waals surface area (Å²) in [6.45, 7) is 0. The van der Waals surface area contributed by atoms with Gasteiger partial charge in [0.2, 0.25) is 0 Å². The first-order chi connectivity index (χ1) is 10.2. The van der Waals surface area contributed by atoms with E-state index in [1.807, 2.05) is 24.4 Å². The number of hydrogen-bond donors (Lipinski definition) is 1. The van der Waals surface area contributed by atoms with Gasteiger partial charge in [-0.05, 0) is 49.1 Å². The van der Waals surface area contributed by atoms with Gasteiger partial charge in [-0.25, -0.2) is 0 Å². The Kier molecular flexibility index (Phi) is 4.99. The Hall–Kier alpha value is -0.840. The van der Waals surface area contributed by atoms with Crippen molar-refractivity contribution in [1.29, 1.82) is 0 Å². The van der Waals surface area contributed by atoms with Crippen LogP contribution in [0.15, 0.2) is 52.0 Å². The summed E-state index contributed by atoms with van der Waals surface area (Å²) in [6, 6.07) is 12.3. The fourth-order valence-corrected chi connectivity index (χ4v) is 4.41. The van der Waals surface area contributed by atoms with Gasteiger partial charge in [-0.15, -0.1) is 11.8 Å². The van der Waals surface area contributed by atoms with Crippen molar-refractivity contribution in [1.82, 2.24) is 4.98 Å². The summed E-state index contributed by atoms with van der Waals surface area (Å²) in [6.07, 6.45) is 4.76.